The minimum atomic E-state index is -0.370. The van der Waals surface area contributed by atoms with E-state index in [1.165, 1.54) is 6.42 Å². The molecular formula is C19H31ClN2O2. The molecule has 2 rings (SSSR count). The zero-order valence-corrected chi connectivity index (χ0v) is 15.9. The van der Waals surface area contributed by atoms with Crippen LogP contribution in [0.15, 0.2) is 24.3 Å². The van der Waals surface area contributed by atoms with Crippen LogP contribution in [0.4, 0.5) is 0 Å². The maximum atomic E-state index is 12.8. The molecule has 1 aliphatic rings. The van der Waals surface area contributed by atoms with Crippen molar-refractivity contribution in [2.24, 2.45) is 5.92 Å². The summed E-state index contributed by atoms with van der Waals surface area (Å²) < 4.78 is 6.00. The number of halogens is 1. The molecule has 1 aliphatic heterocycles. The Balaban J connectivity index is 0.00000288. The van der Waals surface area contributed by atoms with E-state index < -0.39 is 0 Å². The predicted molar refractivity (Wildman–Crippen MR) is 101 cm³/mol. The van der Waals surface area contributed by atoms with E-state index in [1.807, 2.05) is 50.1 Å². The Morgan fingerprint density at radius 3 is 2.58 bits per heavy atom. The van der Waals surface area contributed by atoms with Gasteiger partial charge in [-0.2, -0.15) is 0 Å². The van der Waals surface area contributed by atoms with Crippen molar-refractivity contribution in [2.75, 3.05) is 26.7 Å². The first-order valence-electron chi connectivity index (χ1n) is 8.81. The zero-order valence-electron chi connectivity index (χ0n) is 15.1. The van der Waals surface area contributed by atoms with Crippen LogP contribution in [0.2, 0.25) is 0 Å². The van der Waals surface area contributed by atoms with Crippen LogP contribution in [-0.2, 0) is 4.79 Å². The first-order valence-corrected chi connectivity index (χ1v) is 8.81. The highest BCUT2D eigenvalue weighted by atomic mass is 35.5. The highest BCUT2D eigenvalue weighted by Gasteiger charge is 2.28. The van der Waals surface area contributed by atoms with Gasteiger partial charge in [0, 0.05) is 13.1 Å². The van der Waals surface area contributed by atoms with E-state index in [0.717, 1.165) is 49.7 Å². The molecule has 1 heterocycles. The summed E-state index contributed by atoms with van der Waals surface area (Å²) in [6.07, 6.45) is 3.75. The molecule has 5 heteroatoms. The molecule has 0 radical (unpaired) electrons. The van der Waals surface area contributed by atoms with Gasteiger partial charge >= 0.3 is 0 Å². The number of aryl methyl sites for hydroxylation is 1. The van der Waals surface area contributed by atoms with Gasteiger partial charge in [-0.1, -0.05) is 25.1 Å². The molecule has 1 atom stereocenters. The van der Waals surface area contributed by atoms with Crippen molar-refractivity contribution in [1.82, 2.24) is 10.2 Å². The number of piperidine rings is 1. The number of rotatable bonds is 7. The fourth-order valence-corrected chi connectivity index (χ4v) is 3.14. The first-order chi connectivity index (χ1) is 11.2. The Kier molecular flexibility index (Phi) is 9.16. The number of likely N-dealkylation sites (tertiary alicyclic amines) is 1. The average molecular weight is 355 g/mol. The number of amides is 1. The fourth-order valence-electron chi connectivity index (χ4n) is 3.14. The van der Waals surface area contributed by atoms with Crippen LogP contribution in [0, 0.1) is 12.8 Å². The first kappa shape index (κ1) is 20.8. The molecule has 1 N–H and O–H groups in total. The Morgan fingerprint density at radius 2 is 2.00 bits per heavy atom. The molecule has 1 aromatic rings. The lowest BCUT2D eigenvalue weighted by molar-refractivity contribution is -0.140. The highest BCUT2D eigenvalue weighted by molar-refractivity contribution is 5.85. The van der Waals surface area contributed by atoms with Crippen LogP contribution in [0.25, 0.3) is 0 Å². The van der Waals surface area contributed by atoms with Gasteiger partial charge in [0.25, 0.3) is 5.91 Å². The molecule has 0 aromatic heterocycles. The lowest BCUT2D eigenvalue weighted by Crippen LogP contribution is -2.45. The molecule has 1 aromatic carbocycles. The second-order valence-corrected chi connectivity index (χ2v) is 6.44. The number of hydrogen-bond acceptors (Lipinski definition) is 3. The highest BCUT2D eigenvalue weighted by Crippen LogP contribution is 2.23. The van der Waals surface area contributed by atoms with Gasteiger partial charge in [-0.3, -0.25) is 4.79 Å². The van der Waals surface area contributed by atoms with Crippen molar-refractivity contribution in [3.8, 4) is 5.75 Å². The van der Waals surface area contributed by atoms with Crippen molar-refractivity contribution in [1.29, 1.82) is 0 Å². The minimum absolute atomic E-state index is 0. The number of nitrogens with zero attached hydrogens (tertiary/aromatic N) is 1. The van der Waals surface area contributed by atoms with Crippen molar-refractivity contribution in [3.05, 3.63) is 29.8 Å². The summed E-state index contributed by atoms with van der Waals surface area (Å²) in [4.78, 5) is 14.7. The maximum Gasteiger partial charge on any atom is 0.263 e. The normalized spacial score (nSPS) is 16.4. The number of hydrogen-bond donors (Lipinski definition) is 1. The van der Waals surface area contributed by atoms with Gasteiger partial charge in [0.1, 0.15) is 5.75 Å². The number of nitrogens with one attached hydrogen (secondary N) is 1. The van der Waals surface area contributed by atoms with E-state index >= 15 is 0 Å². The Hall–Kier alpha value is -1.26. The van der Waals surface area contributed by atoms with E-state index in [4.69, 9.17) is 4.74 Å². The third-order valence-electron chi connectivity index (χ3n) is 4.74. The fraction of sp³-hybridized carbons (Fsp3) is 0.632. The SMILES string of the molecule is CCC(Oc1ccccc1C)C(=O)N1CCC(CCNC)CC1.Cl. The summed E-state index contributed by atoms with van der Waals surface area (Å²) in [5, 5.41) is 3.21. The van der Waals surface area contributed by atoms with Crippen LogP contribution in [0.5, 0.6) is 5.75 Å². The minimum Gasteiger partial charge on any atom is -0.480 e. The van der Waals surface area contributed by atoms with E-state index in [2.05, 4.69) is 5.32 Å². The lowest BCUT2D eigenvalue weighted by atomic mass is 9.93. The van der Waals surface area contributed by atoms with Gasteiger partial charge < -0.3 is 15.0 Å². The second-order valence-electron chi connectivity index (χ2n) is 6.44. The molecule has 0 bridgehead atoms. The Bertz CT molecular complexity index is 502. The smallest absolute Gasteiger partial charge is 0.263 e. The second kappa shape index (κ2) is 10.6. The van der Waals surface area contributed by atoms with E-state index in [0.29, 0.717) is 6.42 Å². The monoisotopic (exact) mass is 354 g/mol. The van der Waals surface area contributed by atoms with Gasteiger partial charge in [0.2, 0.25) is 0 Å². The van der Waals surface area contributed by atoms with Crippen molar-refractivity contribution >= 4 is 18.3 Å². The quantitative estimate of drug-likeness (QED) is 0.815. The van der Waals surface area contributed by atoms with Crippen LogP contribution in [0.1, 0.15) is 38.2 Å². The third kappa shape index (κ3) is 5.67. The van der Waals surface area contributed by atoms with Gasteiger partial charge in [-0.25, -0.2) is 0 Å². The van der Waals surface area contributed by atoms with Crippen molar-refractivity contribution in [2.45, 2.75) is 45.6 Å². The van der Waals surface area contributed by atoms with Crippen LogP contribution in [0.3, 0.4) is 0 Å². The maximum absolute atomic E-state index is 12.8. The summed E-state index contributed by atoms with van der Waals surface area (Å²) in [7, 11) is 1.99. The molecule has 1 amide bonds. The topological polar surface area (TPSA) is 41.6 Å². The van der Waals surface area contributed by atoms with Gasteiger partial charge in [-0.05, 0) is 63.7 Å². The van der Waals surface area contributed by atoms with Gasteiger partial charge in [-0.15, -0.1) is 12.4 Å². The number of carbonyl (C=O) groups is 1. The molecular weight excluding hydrogens is 324 g/mol. The van der Waals surface area contributed by atoms with Crippen LogP contribution < -0.4 is 10.1 Å². The number of benzene rings is 1. The standard InChI is InChI=1S/C19H30N2O2.ClH/c1-4-17(23-18-8-6-5-7-15(18)2)19(22)21-13-10-16(11-14-21)9-12-20-3;/h5-8,16-17,20H,4,9-14H2,1-3H3;1H. The Labute approximate surface area is 152 Å². The van der Waals surface area contributed by atoms with Crippen LogP contribution in [-0.4, -0.2) is 43.6 Å². The number of carbonyl (C=O) groups excluding carboxylic acids is 1. The molecule has 0 aliphatic carbocycles. The molecule has 1 unspecified atom stereocenters. The molecule has 0 saturated carbocycles. The van der Waals surface area contributed by atoms with E-state index in [1.54, 1.807) is 0 Å². The van der Waals surface area contributed by atoms with Gasteiger partial charge in [0.15, 0.2) is 6.10 Å². The molecule has 24 heavy (non-hydrogen) atoms. The summed E-state index contributed by atoms with van der Waals surface area (Å²) in [6.45, 7) is 6.81. The molecule has 0 spiro atoms. The Morgan fingerprint density at radius 1 is 1.33 bits per heavy atom. The summed E-state index contributed by atoms with van der Waals surface area (Å²) >= 11 is 0. The van der Waals surface area contributed by atoms with E-state index in [9.17, 15) is 4.79 Å². The summed E-state index contributed by atoms with van der Waals surface area (Å²) in [5.74, 6) is 1.70. The average Bonchev–Trinajstić information content (AvgIpc) is 2.59. The van der Waals surface area contributed by atoms with Gasteiger partial charge in [0.05, 0.1) is 0 Å². The number of para-hydroxylation sites is 1. The zero-order chi connectivity index (χ0) is 16.7. The third-order valence-corrected chi connectivity index (χ3v) is 4.74. The molecule has 1 fully saturated rings. The summed E-state index contributed by atoms with van der Waals surface area (Å²) in [6, 6.07) is 7.89. The van der Waals surface area contributed by atoms with Crippen molar-refractivity contribution in [3.63, 3.8) is 0 Å². The number of ether oxygens (including phenoxy) is 1. The summed E-state index contributed by atoms with van der Waals surface area (Å²) in [5.41, 5.74) is 1.07. The lowest BCUT2D eigenvalue weighted by Gasteiger charge is -2.34. The van der Waals surface area contributed by atoms with Crippen molar-refractivity contribution < 1.29 is 9.53 Å². The molecule has 136 valence electrons. The largest absolute Gasteiger partial charge is 0.480 e. The molecule has 4 nitrogen and oxygen atoms in total. The van der Waals surface area contributed by atoms with E-state index in [-0.39, 0.29) is 24.4 Å². The van der Waals surface area contributed by atoms with Crippen LogP contribution >= 0.6 is 12.4 Å². The molecule has 1 saturated heterocycles. The predicted octanol–water partition coefficient (Wildman–Crippen LogP) is 3.42.